The average Bonchev–Trinajstić information content (AvgIpc) is 2.52. The Bertz CT molecular complexity index is 300. The van der Waals surface area contributed by atoms with Crippen molar-refractivity contribution in [2.24, 2.45) is 5.73 Å². The van der Waals surface area contributed by atoms with Gasteiger partial charge in [0, 0.05) is 11.8 Å². The molecule has 0 atom stereocenters. The highest BCUT2D eigenvalue weighted by Gasteiger charge is 2.20. The predicted molar refractivity (Wildman–Crippen MR) is 45.2 cm³/mol. The Morgan fingerprint density at radius 3 is 2.92 bits per heavy atom. The molecule has 13 heavy (non-hydrogen) atoms. The molecule has 0 aliphatic heterocycles. The van der Waals surface area contributed by atoms with Crippen LogP contribution in [0.4, 0.5) is 8.78 Å². The molecule has 0 aromatic carbocycles. The second-order valence-corrected chi connectivity index (χ2v) is 3.21. The molecule has 6 heteroatoms. The highest BCUT2D eigenvalue weighted by molar-refractivity contribution is 7.11. The van der Waals surface area contributed by atoms with Gasteiger partial charge in [0.2, 0.25) is 0 Å². The molecular formula is C7H8F2N2OS. The Morgan fingerprint density at radius 2 is 2.38 bits per heavy atom. The lowest BCUT2D eigenvalue weighted by Gasteiger charge is -1.92. The van der Waals surface area contributed by atoms with Crippen LogP contribution in [0.15, 0.2) is 5.38 Å². The van der Waals surface area contributed by atoms with Crippen molar-refractivity contribution in [3.05, 3.63) is 16.1 Å². The summed E-state index contributed by atoms with van der Waals surface area (Å²) in [7, 11) is 0. The normalized spacial score (nSPS) is 10.8. The Hall–Kier alpha value is -0.880. The van der Waals surface area contributed by atoms with Crippen LogP contribution in [-0.4, -0.2) is 23.7 Å². The third-order valence-electron chi connectivity index (χ3n) is 1.36. The van der Waals surface area contributed by atoms with Crippen LogP contribution in [-0.2, 0) is 6.42 Å². The molecule has 0 aliphatic carbocycles. The summed E-state index contributed by atoms with van der Waals surface area (Å²) in [4.78, 5) is 14.5. The van der Waals surface area contributed by atoms with Crippen LogP contribution < -0.4 is 5.73 Å². The van der Waals surface area contributed by atoms with E-state index in [1.54, 1.807) is 5.38 Å². The number of halogens is 2. The minimum Gasteiger partial charge on any atom is -0.330 e. The summed E-state index contributed by atoms with van der Waals surface area (Å²) in [6.45, 7) is 0.395. The number of rotatable bonds is 4. The van der Waals surface area contributed by atoms with Crippen LogP contribution in [0, 0.1) is 0 Å². The van der Waals surface area contributed by atoms with Crippen molar-refractivity contribution >= 4 is 17.1 Å². The summed E-state index contributed by atoms with van der Waals surface area (Å²) in [5.74, 6) is -1.21. The van der Waals surface area contributed by atoms with Gasteiger partial charge in [0.15, 0.2) is 5.01 Å². The van der Waals surface area contributed by atoms with Crippen LogP contribution in [0.3, 0.4) is 0 Å². The van der Waals surface area contributed by atoms with Crippen molar-refractivity contribution < 1.29 is 13.6 Å². The number of hydrogen-bond acceptors (Lipinski definition) is 4. The lowest BCUT2D eigenvalue weighted by atomic mass is 10.3. The first kappa shape index (κ1) is 10.2. The number of ketones is 1. The Morgan fingerprint density at radius 1 is 1.69 bits per heavy atom. The first-order valence-electron chi connectivity index (χ1n) is 3.62. The molecule has 0 amide bonds. The molecule has 0 spiro atoms. The molecule has 1 aromatic heterocycles. The topological polar surface area (TPSA) is 56.0 Å². The van der Waals surface area contributed by atoms with Crippen LogP contribution in [0.25, 0.3) is 0 Å². The number of hydrogen-bond donors (Lipinski definition) is 1. The van der Waals surface area contributed by atoms with E-state index in [4.69, 9.17) is 5.73 Å². The number of alkyl halides is 2. The molecule has 72 valence electrons. The van der Waals surface area contributed by atoms with E-state index in [1.807, 2.05) is 0 Å². The van der Waals surface area contributed by atoms with Crippen LogP contribution in [0.2, 0.25) is 0 Å². The molecule has 0 saturated carbocycles. The molecule has 0 saturated heterocycles. The highest BCUT2D eigenvalue weighted by atomic mass is 32.1. The van der Waals surface area contributed by atoms with E-state index in [0.29, 0.717) is 18.7 Å². The molecule has 0 fully saturated rings. The zero-order valence-electron chi connectivity index (χ0n) is 6.67. The third-order valence-corrected chi connectivity index (χ3v) is 2.27. The Balaban J connectivity index is 2.73. The fourth-order valence-corrected chi connectivity index (χ4v) is 1.57. The molecule has 0 radical (unpaired) electrons. The predicted octanol–water partition coefficient (Wildman–Crippen LogP) is 1.09. The van der Waals surface area contributed by atoms with Crippen molar-refractivity contribution in [3.8, 4) is 0 Å². The zero-order chi connectivity index (χ0) is 9.84. The van der Waals surface area contributed by atoms with E-state index < -0.39 is 12.2 Å². The molecule has 1 aromatic rings. The van der Waals surface area contributed by atoms with Gasteiger partial charge >= 0.3 is 6.43 Å². The van der Waals surface area contributed by atoms with E-state index in [-0.39, 0.29) is 5.01 Å². The van der Waals surface area contributed by atoms with Crippen LogP contribution in [0.1, 0.15) is 15.5 Å². The van der Waals surface area contributed by atoms with Gasteiger partial charge < -0.3 is 5.73 Å². The molecule has 1 heterocycles. The zero-order valence-corrected chi connectivity index (χ0v) is 7.48. The monoisotopic (exact) mass is 206 g/mol. The van der Waals surface area contributed by atoms with E-state index in [2.05, 4.69) is 4.98 Å². The first-order chi connectivity index (χ1) is 6.15. The maximum Gasteiger partial charge on any atom is 0.303 e. The molecule has 0 bridgehead atoms. The number of nitrogens with two attached hydrogens (primary N) is 1. The summed E-state index contributed by atoms with van der Waals surface area (Å²) >= 11 is 0.930. The van der Waals surface area contributed by atoms with Crippen molar-refractivity contribution in [2.45, 2.75) is 12.8 Å². The third kappa shape index (κ3) is 2.53. The van der Waals surface area contributed by atoms with Gasteiger partial charge in [-0.15, -0.1) is 11.3 Å². The molecule has 2 N–H and O–H groups in total. The van der Waals surface area contributed by atoms with Crippen LogP contribution >= 0.6 is 11.3 Å². The van der Waals surface area contributed by atoms with Gasteiger partial charge in [0.05, 0.1) is 5.69 Å². The van der Waals surface area contributed by atoms with E-state index in [1.165, 1.54) is 0 Å². The first-order valence-corrected chi connectivity index (χ1v) is 4.50. The summed E-state index contributed by atoms with van der Waals surface area (Å²) in [5.41, 5.74) is 5.83. The van der Waals surface area contributed by atoms with Gasteiger partial charge in [-0.05, 0) is 6.54 Å². The number of Topliss-reactive ketones (excluding diaryl/α,β-unsaturated/α-hetero) is 1. The summed E-state index contributed by atoms with van der Waals surface area (Å²) in [6, 6.07) is 0. The standard InChI is InChI=1S/C7H8F2N2OS/c8-6(9)5(12)7-11-4(1-2-10)3-13-7/h3,6H,1-2,10H2. The lowest BCUT2D eigenvalue weighted by Crippen LogP contribution is -2.10. The molecule has 0 unspecified atom stereocenters. The minimum atomic E-state index is -2.98. The van der Waals surface area contributed by atoms with Crippen molar-refractivity contribution in [1.82, 2.24) is 4.98 Å². The number of carbonyl (C=O) groups excluding carboxylic acids is 1. The van der Waals surface area contributed by atoms with Gasteiger partial charge in [-0.3, -0.25) is 4.79 Å². The highest BCUT2D eigenvalue weighted by Crippen LogP contribution is 2.13. The second kappa shape index (κ2) is 4.38. The average molecular weight is 206 g/mol. The summed E-state index contributed by atoms with van der Waals surface area (Å²) < 4.78 is 23.8. The van der Waals surface area contributed by atoms with Crippen molar-refractivity contribution in [2.75, 3.05) is 6.54 Å². The largest absolute Gasteiger partial charge is 0.330 e. The summed E-state index contributed by atoms with van der Waals surface area (Å²) in [5, 5.41) is 1.43. The summed E-state index contributed by atoms with van der Waals surface area (Å²) in [6.07, 6.45) is -2.47. The Labute approximate surface area is 77.6 Å². The lowest BCUT2D eigenvalue weighted by molar-refractivity contribution is 0.0678. The number of aromatic nitrogens is 1. The molecule has 0 aliphatic rings. The maximum absolute atomic E-state index is 11.9. The van der Waals surface area contributed by atoms with Crippen molar-refractivity contribution in [1.29, 1.82) is 0 Å². The van der Waals surface area contributed by atoms with Gasteiger partial charge in [0.25, 0.3) is 5.78 Å². The van der Waals surface area contributed by atoms with E-state index >= 15 is 0 Å². The molecule has 1 rings (SSSR count). The van der Waals surface area contributed by atoms with Crippen LogP contribution in [0.5, 0.6) is 0 Å². The quantitative estimate of drug-likeness (QED) is 0.750. The number of carbonyl (C=O) groups is 1. The molecular weight excluding hydrogens is 198 g/mol. The smallest absolute Gasteiger partial charge is 0.303 e. The molecule has 3 nitrogen and oxygen atoms in total. The fourth-order valence-electron chi connectivity index (χ4n) is 0.776. The van der Waals surface area contributed by atoms with E-state index in [9.17, 15) is 13.6 Å². The maximum atomic E-state index is 11.9. The number of thiazole rings is 1. The second-order valence-electron chi connectivity index (χ2n) is 2.35. The Kier molecular flexibility index (Phi) is 3.44. The minimum absolute atomic E-state index is 0.140. The SMILES string of the molecule is NCCc1csc(C(=O)C(F)F)n1. The van der Waals surface area contributed by atoms with Gasteiger partial charge in [-0.25, -0.2) is 13.8 Å². The van der Waals surface area contributed by atoms with Gasteiger partial charge in [0.1, 0.15) is 0 Å². The fraction of sp³-hybridized carbons (Fsp3) is 0.429. The van der Waals surface area contributed by atoms with E-state index in [0.717, 1.165) is 11.3 Å². The van der Waals surface area contributed by atoms with Gasteiger partial charge in [-0.2, -0.15) is 0 Å². The van der Waals surface area contributed by atoms with Crippen molar-refractivity contribution in [3.63, 3.8) is 0 Å². The number of nitrogens with zero attached hydrogens (tertiary/aromatic N) is 1. The van der Waals surface area contributed by atoms with Gasteiger partial charge in [-0.1, -0.05) is 0 Å².